The number of hydrogen-bond acceptors (Lipinski definition) is 3. The summed E-state index contributed by atoms with van der Waals surface area (Å²) in [7, 11) is 3.27. The van der Waals surface area contributed by atoms with Gasteiger partial charge < -0.3 is 15.0 Å². The summed E-state index contributed by atoms with van der Waals surface area (Å²) in [5, 5.41) is 2.67. The van der Waals surface area contributed by atoms with Crippen LogP contribution in [0.1, 0.15) is 18.4 Å². The number of carbonyl (C=O) groups is 2. The average molecular weight is 290 g/mol. The Hall–Kier alpha value is -2.04. The van der Waals surface area contributed by atoms with Crippen molar-refractivity contribution in [1.82, 2.24) is 10.2 Å². The van der Waals surface area contributed by atoms with Gasteiger partial charge in [0, 0.05) is 26.1 Å². The molecule has 0 unspecified atom stereocenters. The fraction of sp³-hybridized carbons (Fsp3) is 0.500. The quantitative estimate of drug-likeness (QED) is 0.907. The lowest BCUT2D eigenvalue weighted by Crippen LogP contribution is -2.42. The van der Waals surface area contributed by atoms with Crippen molar-refractivity contribution in [3.8, 4) is 5.75 Å². The van der Waals surface area contributed by atoms with Gasteiger partial charge in [0.2, 0.25) is 11.8 Å². The third kappa shape index (κ3) is 3.97. The van der Waals surface area contributed by atoms with Crippen molar-refractivity contribution >= 4 is 11.8 Å². The van der Waals surface area contributed by atoms with E-state index in [1.54, 1.807) is 14.2 Å². The Labute approximate surface area is 125 Å². The summed E-state index contributed by atoms with van der Waals surface area (Å²) in [6.45, 7) is 1.31. The molecule has 5 heteroatoms. The topological polar surface area (TPSA) is 58.6 Å². The second-order valence-corrected chi connectivity index (χ2v) is 5.30. The Morgan fingerprint density at radius 1 is 1.33 bits per heavy atom. The Bertz CT molecular complexity index is 508. The Balaban J connectivity index is 1.88. The van der Waals surface area contributed by atoms with Crippen LogP contribution in [0, 0.1) is 5.92 Å². The van der Waals surface area contributed by atoms with E-state index >= 15 is 0 Å². The molecule has 1 N–H and O–H groups in total. The Morgan fingerprint density at radius 3 is 2.67 bits per heavy atom. The highest BCUT2D eigenvalue weighted by molar-refractivity contribution is 5.81. The van der Waals surface area contributed by atoms with Gasteiger partial charge in [-0.25, -0.2) is 0 Å². The SMILES string of the molecule is CNC(=O)C1CCN(C(=O)Cc2cccc(OC)c2)CC1. The van der Waals surface area contributed by atoms with Crippen molar-refractivity contribution in [1.29, 1.82) is 0 Å². The number of nitrogens with one attached hydrogen (secondary N) is 1. The van der Waals surface area contributed by atoms with Crippen LogP contribution in [0.4, 0.5) is 0 Å². The first-order chi connectivity index (χ1) is 10.1. The largest absolute Gasteiger partial charge is 0.497 e. The number of methoxy groups -OCH3 is 1. The van der Waals surface area contributed by atoms with E-state index < -0.39 is 0 Å². The van der Waals surface area contributed by atoms with Crippen molar-refractivity contribution < 1.29 is 14.3 Å². The minimum atomic E-state index is 0.0378. The van der Waals surface area contributed by atoms with Gasteiger partial charge in [0.15, 0.2) is 0 Å². The maximum Gasteiger partial charge on any atom is 0.226 e. The molecule has 0 bridgehead atoms. The van der Waals surface area contributed by atoms with E-state index in [-0.39, 0.29) is 17.7 Å². The molecule has 0 atom stereocenters. The highest BCUT2D eigenvalue weighted by Crippen LogP contribution is 2.19. The summed E-state index contributed by atoms with van der Waals surface area (Å²) in [5.74, 6) is 0.989. The highest BCUT2D eigenvalue weighted by atomic mass is 16.5. The molecule has 114 valence electrons. The first kappa shape index (κ1) is 15.4. The molecule has 0 saturated carbocycles. The zero-order valence-corrected chi connectivity index (χ0v) is 12.6. The van der Waals surface area contributed by atoms with E-state index in [0.29, 0.717) is 19.5 Å². The maximum absolute atomic E-state index is 12.3. The number of nitrogens with zero attached hydrogens (tertiary/aromatic N) is 1. The second kappa shape index (κ2) is 7.11. The summed E-state index contributed by atoms with van der Waals surface area (Å²) in [6.07, 6.45) is 1.86. The van der Waals surface area contributed by atoms with Crippen LogP contribution < -0.4 is 10.1 Å². The van der Waals surface area contributed by atoms with Crippen molar-refractivity contribution in [2.45, 2.75) is 19.3 Å². The van der Waals surface area contributed by atoms with Crippen molar-refractivity contribution in [3.63, 3.8) is 0 Å². The molecule has 5 nitrogen and oxygen atoms in total. The predicted octanol–water partition coefficient (Wildman–Crippen LogP) is 1.22. The number of amides is 2. The number of carbonyl (C=O) groups excluding carboxylic acids is 2. The molecule has 2 amide bonds. The van der Waals surface area contributed by atoms with E-state index in [9.17, 15) is 9.59 Å². The lowest BCUT2D eigenvalue weighted by molar-refractivity contribution is -0.134. The van der Waals surface area contributed by atoms with Gasteiger partial charge in [-0.15, -0.1) is 0 Å². The molecule has 1 heterocycles. The summed E-state index contributed by atoms with van der Waals surface area (Å²) < 4.78 is 5.17. The lowest BCUT2D eigenvalue weighted by Gasteiger charge is -2.31. The van der Waals surface area contributed by atoms with Gasteiger partial charge in [-0.2, -0.15) is 0 Å². The van der Waals surface area contributed by atoms with Crippen LogP contribution in [-0.4, -0.2) is 44.0 Å². The molecule has 0 spiro atoms. The molecule has 0 aliphatic carbocycles. The third-order valence-corrected chi connectivity index (χ3v) is 3.95. The van der Waals surface area contributed by atoms with Crippen LogP contribution >= 0.6 is 0 Å². The van der Waals surface area contributed by atoms with Crippen LogP contribution in [0.25, 0.3) is 0 Å². The number of benzene rings is 1. The van der Waals surface area contributed by atoms with Gasteiger partial charge >= 0.3 is 0 Å². The van der Waals surface area contributed by atoms with E-state index in [2.05, 4.69) is 5.32 Å². The first-order valence-electron chi connectivity index (χ1n) is 7.26. The van der Waals surface area contributed by atoms with Crippen molar-refractivity contribution in [3.05, 3.63) is 29.8 Å². The zero-order chi connectivity index (χ0) is 15.2. The fourth-order valence-corrected chi connectivity index (χ4v) is 2.66. The van der Waals surface area contributed by atoms with Gasteiger partial charge in [0.25, 0.3) is 0 Å². The molecule has 21 heavy (non-hydrogen) atoms. The molecule has 2 rings (SSSR count). The summed E-state index contributed by atoms with van der Waals surface area (Å²) in [6, 6.07) is 7.56. The molecule has 1 aromatic rings. The van der Waals surface area contributed by atoms with Crippen LogP contribution in [0.2, 0.25) is 0 Å². The minimum absolute atomic E-state index is 0.0378. The van der Waals surface area contributed by atoms with Crippen LogP contribution in [0.15, 0.2) is 24.3 Å². The Kier molecular flexibility index (Phi) is 5.20. The molecular formula is C16H22N2O3. The summed E-state index contributed by atoms with van der Waals surface area (Å²) >= 11 is 0. The number of hydrogen-bond donors (Lipinski definition) is 1. The van der Waals surface area contributed by atoms with Crippen LogP contribution in [-0.2, 0) is 16.0 Å². The average Bonchev–Trinajstić information content (AvgIpc) is 2.54. The number of rotatable bonds is 4. The van der Waals surface area contributed by atoms with Crippen LogP contribution in [0.5, 0.6) is 5.75 Å². The molecule has 1 saturated heterocycles. The highest BCUT2D eigenvalue weighted by Gasteiger charge is 2.26. The van der Waals surface area contributed by atoms with Gasteiger partial charge in [0.1, 0.15) is 5.75 Å². The second-order valence-electron chi connectivity index (χ2n) is 5.30. The Morgan fingerprint density at radius 2 is 2.05 bits per heavy atom. The first-order valence-corrected chi connectivity index (χ1v) is 7.26. The van der Waals surface area contributed by atoms with Gasteiger partial charge in [-0.1, -0.05) is 12.1 Å². The van der Waals surface area contributed by atoms with Gasteiger partial charge in [-0.05, 0) is 30.5 Å². The summed E-state index contributed by atoms with van der Waals surface area (Å²) in [4.78, 5) is 25.7. The standard InChI is InChI=1S/C16H22N2O3/c1-17-16(20)13-6-8-18(9-7-13)15(19)11-12-4-3-5-14(10-12)21-2/h3-5,10,13H,6-9,11H2,1-2H3,(H,17,20). The van der Waals surface area contributed by atoms with Crippen LogP contribution in [0.3, 0.4) is 0 Å². The minimum Gasteiger partial charge on any atom is -0.497 e. The number of likely N-dealkylation sites (tertiary alicyclic amines) is 1. The normalized spacial score (nSPS) is 15.6. The molecule has 1 aromatic carbocycles. The molecule has 1 fully saturated rings. The molecule has 1 aliphatic heterocycles. The molecule has 1 aliphatic rings. The maximum atomic E-state index is 12.3. The van der Waals surface area contributed by atoms with Crippen molar-refractivity contribution in [2.75, 3.05) is 27.2 Å². The molecular weight excluding hydrogens is 268 g/mol. The van der Waals surface area contributed by atoms with E-state index in [1.165, 1.54) is 0 Å². The fourth-order valence-electron chi connectivity index (χ4n) is 2.66. The van der Waals surface area contributed by atoms with E-state index in [0.717, 1.165) is 24.2 Å². The van der Waals surface area contributed by atoms with E-state index in [4.69, 9.17) is 4.74 Å². The van der Waals surface area contributed by atoms with Crippen molar-refractivity contribution in [2.24, 2.45) is 5.92 Å². The lowest BCUT2D eigenvalue weighted by atomic mass is 9.95. The smallest absolute Gasteiger partial charge is 0.226 e. The number of ether oxygens (including phenoxy) is 1. The monoisotopic (exact) mass is 290 g/mol. The van der Waals surface area contributed by atoms with E-state index in [1.807, 2.05) is 29.2 Å². The molecule has 0 aromatic heterocycles. The summed E-state index contributed by atoms with van der Waals surface area (Å²) in [5.41, 5.74) is 0.952. The number of piperidine rings is 1. The zero-order valence-electron chi connectivity index (χ0n) is 12.6. The predicted molar refractivity (Wildman–Crippen MR) is 80.1 cm³/mol. The van der Waals surface area contributed by atoms with Gasteiger partial charge in [0.05, 0.1) is 13.5 Å². The van der Waals surface area contributed by atoms with Gasteiger partial charge in [-0.3, -0.25) is 9.59 Å². The third-order valence-electron chi connectivity index (χ3n) is 3.95. The molecule has 0 radical (unpaired) electrons.